The minimum atomic E-state index is -4.15. The zero-order valence-corrected chi connectivity index (χ0v) is 23.9. The maximum absolute atomic E-state index is 13.9. The van der Waals surface area contributed by atoms with Crippen LogP contribution in [0.5, 0.6) is 0 Å². The molecule has 0 bridgehead atoms. The van der Waals surface area contributed by atoms with E-state index in [0.717, 1.165) is 15.4 Å². The molecule has 0 aliphatic carbocycles. The van der Waals surface area contributed by atoms with Crippen LogP contribution in [0.15, 0.2) is 77.7 Å². The highest BCUT2D eigenvalue weighted by Crippen LogP contribution is 2.26. The second kappa shape index (κ2) is 13.1. The van der Waals surface area contributed by atoms with Gasteiger partial charge >= 0.3 is 0 Å². The van der Waals surface area contributed by atoms with E-state index in [4.69, 9.17) is 23.2 Å². The van der Waals surface area contributed by atoms with E-state index in [0.29, 0.717) is 28.7 Å². The van der Waals surface area contributed by atoms with Crippen molar-refractivity contribution in [2.45, 2.75) is 44.7 Å². The molecular weight excluding hydrogens is 545 g/mol. The predicted molar refractivity (Wildman–Crippen MR) is 152 cm³/mol. The van der Waals surface area contributed by atoms with Crippen LogP contribution in [0, 0.1) is 6.92 Å². The first-order chi connectivity index (χ1) is 18.1. The van der Waals surface area contributed by atoms with Gasteiger partial charge in [-0.3, -0.25) is 13.9 Å². The largest absolute Gasteiger partial charge is 0.355 e. The zero-order valence-electron chi connectivity index (χ0n) is 21.5. The summed E-state index contributed by atoms with van der Waals surface area (Å²) in [7, 11) is -4.15. The SMILES string of the molecule is CCNC(=O)[C@H](CC)N(Cc1ccc(Cl)cc1)C(=O)CN(c1cccc(C)c1)S(=O)(=O)c1ccc(Cl)cc1. The standard InChI is InChI=1S/C28H31Cl2N3O4S/c1-4-26(28(35)31-5-2)32(18-21-9-11-22(29)12-10-21)27(34)19-33(24-8-6-7-20(3)17-24)38(36,37)25-15-13-23(30)14-16-25/h6-17,26H,4-5,18-19H2,1-3H3,(H,31,35)/t26-/m0/s1. The Bertz CT molecular complexity index is 1360. The summed E-state index contributed by atoms with van der Waals surface area (Å²) in [6.07, 6.45) is 0.347. The van der Waals surface area contributed by atoms with Crippen LogP contribution in [0.3, 0.4) is 0 Å². The molecule has 0 saturated carbocycles. The molecular formula is C28H31Cl2N3O4S. The topological polar surface area (TPSA) is 86.8 Å². The van der Waals surface area contributed by atoms with Crippen molar-refractivity contribution in [2.75, 3.05) is 17.4 Å². The summed E-state index contributed by atoms with van der Waals surface area (Å²) in [6, 6.07) is 18.8. The molecule has 7 nitrogen and oxygen atoms in total. The summed E-state index contributed by atoms with van der Waals surface area (Å²) < 4.78 is 28.7. The molecule has 0 spiro atoms. The van der Waals surface area contributed by atoms with Gasteiger partial charge in [-0.25, -0.2) is 8.42 Å². The van der Waals surface area contributed by atoms with Crippen LogP contribution in [-0.2, 0) is 26.2 Å². The first-order valence-corrected chi connectivity index (χ1v) is 14.4. The van der Waals surface area contributed by atoms with Gasteiger partial charge < -0.3 is 10.2 Å². The van der Waals surface area contributed by atoms with Crippen LogP contribution in [0.2, 0.25) is 10.0 Å². The average Bonchev–Trinajstić information content (AvgIpc) is 2.88. The predicted octanol–water partition coefficient (Wildman–Crippen LogP) is 5.44. The Morgan fingerprint density at radius 3 is 2.08 bits per heavy atom. The number of nitrogens with zero attached hydrogens (tertiary/aromatic N) is 2. The molecule has 0 radical (unpaired) electrons. The number of rotatable bonds is 11. The Morgan fingerprint density at radius 2 is 1.53 bits per heavy atom. The van der Waals surface area contributed by atoms with Gasteiger partial charge in [0.2, 0.25) is 11.8 Å². The molecule has 0 aliphatic rings. The highest BCUT2D eigenvalue weighted by Gasteiger charge is 2.33. The lowest BCUT2D eigenvalue weighted by Gasteiger charge is -2.33. The fraction of sp³-hybridized carbons (Fsp3) is 0.286. The van der Waals surface area contributed by atoms with Crippen molar-refractivity contribution in [3.05, 3.63) is 94.0 Å². The Hall–Kier alpha value is -3.07. The third-order valence-corrected chi connectivity index (χ3v) is 8.27. The molecule has 0 aromatic heterocycles. The quantitative estimate of drug-likeness (QED) is 0.330. The van der Waals surface area contributed by atoms with Crippen molar-refractivity contribution in [3.63, 3.8) is 0 Å². The second-order valence-corrected chi connectivity index (χ2v) is 11.5. The number of amides is 2. The molecule has 0 aliphatic heterocycles. The first kappa shape index (κ1) is 29.5. The number of hydrogen-bond donors (Lipinski definition) is 1. The number of likely N-dealkylation sites (N-methyl/N-ethyl adjacent to an activating group) is 1. The fourth-order valence-corrected chi connectivity index (χ4v) is 5.70. The van der Waals surface area contributed by atoms with Gasteiger partial charge in [-0.05, 0) is 79.9 Å². The molecule has 0 heterocycles. The molecule has 0 fully saturated rings. The molecule has 3 rings (SSSR count). The van der Waals surface area contributed by atoms with E-state index in [1.807, 2.05) is 19.9 Å². The van der Waals surface area contributed by atoms with E-state index >= 15 is 0 Å². The smallest absolute Gasteiger partial charge is 0.264 e. The Morgan fingerprint density at radius 1 is 0.921 bits per heavy atom. The van der Waals surface area contributed by atoms with Crippen molar-refractivity contribution in [2.24, 2.45) is 0 Å². The normalized spacial score (nSPS) is 12.0. The lowest BCUT2D eigenvalue weighted by atomic mass is 10.1. The van der Waals surface area contributed by atoms with Gasteiger partial charge in [0.1, 0.15) is 12.6 Å². The number of benzene rings is 3. The number of aryl methyl sites for hydroxylation is 1. The minimum absolute atomic E-state index is 0.00350. The molecule has 0 saturated heterocycles. The Kier molecular flexibility index (Phi) is 10.2. The van der Waals surface area contributed by atoms with Crippen LogP contribution < -0.4 is 9.62 Å². The molecule has 1 atom stereocenters. The first-order valence-electron chi connectivity index (χ1n) is 12.2. The molecule has 202 valence electrons. The Balaban J connectivity index is 2.05. The minimum Gasteiger partial charge on any atom is -0.355 e. The van der Waals surface area contributed by atoms with E-state index in [2.05, 4.69) is 5.32 Å². The Labute approximate surface area is 234 Å². The summed E-state index contributed by atoms with van der Waals surface area (Å²) >= 11 is 12.0. The van der Waals surface area contributed by atoms with Gasteiger partial charge in [-0.2, -0.15) is 0 Å². The number of carbonyl (C=O) groups is 2. The fourth-order valence-electron chi connectivity index (χ4n) is 4.04. The van der Waals surface area contributed by atoms with Crippen LogP contribution in [-0.4, -0.2) is 44.3 Å². The molecule has 3 aromatic rings. The van der Waals surface area contributed by atoms with Crippen molar-refractivity contribution in [3.8, 4) is 0 Å². The lowest BCUT2D eigenvalue weighted by molar-refractivity contribution is -0.140. The number of sulfonamides is 1. The highest BCUT2D eigenvalue weighted by atomic mass is 35.5. The van der Waals surface area contributed by atoms with Gasteiger partial charge in [0.25, 0.3) is 10.0 Å². The maximum atomic E-state index is 13.9. The van der Waals surface area contributed by atoms with Gasteiger partial charge in [0.15, 0.2) is 0 Å². The maximum Gasteiger partial charge on any atom is 0.264 e. The third-order valence-electron chi connectivity index (χ3n) is 5.97. The van der Waals surface area contributed by atoms with Crippen molar-refractivity contribution in [1.82, 2.24) is 10.2 Å². The van der Waals surface area contributed by atoms with Crippen molar-refractivity contribution >= 4 is 50.7 Å². The molecule has 2 amide bonds. The molecule has 10 heteroatoms. The van der Waals surface area contributed by atoms with Gasteiger partial charge in [0.05, 0.1) is 10.6 Å². The second-order valence-electron chi connectivity index (χ2n) is 8.77. The van der Waals surface area contributed by atoms with E-state index in [9.17, 15) is 18.0 Å². The number of carbonyl (C=O) groups excluding carboxylic acids is 2. The van der Waals surface area contributed by atoms with Crippen LogP contribution >= 0.6 is 23.2 Å². The molecule has 3 aromatic carbocycles. The number of hydrogen-bond acceptors (Lipinski definition) is 4. The van der Waals surface area contributed by atoms with Crippen LogP contribution in [0.1, 0.15) is 31.4 Å². The summed E-state index contributed by atoms with van der Waals surface area (Å²) in [5, 5.41) is 3.72. The van der Waals surface area contributed by atoms with Crippen molar-refractivity contribution in [1.29, 1.82) is 0 Å². The number of nitrogens with one attached hydrogen (secondary N) is 1. The summed E-state index contributed by atoms with van der Waals surface area (Å²) in [6.45, 7) is 5.46. The number of halogens is 2. The monoisotopic (exact) mass is 575 g/mol. The van der Waals surface area contributed by atoms with E-state index < -0.39 is 28.5 Å². The van der Waals surface area contributed by atoms with Crippen LogP contribution in [0.4, 0.5) is 5.69 Å². The third kappa shape index (κ3) is 7.28. The van der Waals surface area contributed by atoms with Gasteiger partial charge in [0, 0.05) is 23.1 Å². The molecule has 1 N–H and O–H groups in total. The number of anilines is 1. The van der Waals surface area contributed by atoms with E-state index in [-0.39, 0.29) is 17.3 Å². The lowest BCUT2D eigenvalue weighted by Crippen LogP contribution is -2.52. The average molecular weight is 577 g/mol. The zero-order chi connectivity index (χ0) is 27.9. The summed E-state index contributed by atoms with van der Waals surface area (Å²) in [4.78, 5) is 28.3. The van der Waals surface area contributed by atoms with Gasteiger partial charge in [-0.1, -0.05) is 54.4 Å². The van der Waals surface area contributed by atoms with E-state index in [1.165, 1.54) is 29.2 Å². The van der Waals surface area contributed by atoms with Crippen LogP contribution in [0.25, 0.3) is 0 Å². The summed E-state index contributed by atoms with van der Waals surface area (Å²) in [5.74, 6) is -0.822. The van der Waals surface area contributed by atoms with E-state index in [1.54, 1.807) is 49.4 Å². The molecule has 0 unspecified atom stereocenters. The van der Waals surface area contributed by atoms with Gasteiger partial charge in [-0.15, -0.1) is 0 Å². The van der Waals surface area contributed by atoms with Crippen molar-refractivity contribution < 1.29 is 18.0 Å². The molecule has 38 heavy (non-hydrogen) atoms. The summed E-state index contributed by atoms with van der Waals surface area (Å²) in [5.41, 5.74) is 1.93. The highest BCUT2D eigenvalue weighted by molar-refractivity contribution is 7.92.